The van der Waals surface area contributed by atoms with Crippen molar-refractivity contribution in [1.82, 2.24) is 4.72 Å². The van der Waals surface area contributed by atoms with Gasteiger partial charge in [-0.25, -0.2) is 13.1 Å². The van der Waals surface area contributed by atoms with Gasteiger partial charge in [0.05, 0.1) is 17.4 Å². The minimum atomic E-state index is -3.70. The monoisotopic (exact) mass is 351 g/mol. The van der Waals surface area contributed by atoms with Crippen molar-refractivity contribution < 1.29 is 23.1 Å². The van der Waals surface area contributed by atoms with Crippen molar-refractivity contribution in [2.24, 2.45) is 0 Å². The average Bonchev–Trinajstić information content (AvgIpc) is 2.34. The molecule has 0 amide bonds. The third-order valence-corrected chi connectivity index (χ3v) is 4.80. The highest BCUT2D eigenvalue weighted by Gasteiger charge is 2.20. The number of hydrogen-bond donors (Lipinski definition) is 2. The zero-order chi connectivity index (χ0) is 14.5. The third-order valence-electron chi connectivity index (χ3n) is 2.36. The van der Waals surface area contributed by atoms with Gasteiger partial charge in [-0.05, 0) is 28.1 Å². The molecule has 0 saturated carbocycles. The first-order valence-electron chi connectivity index (χ1n) is 5.35. The van der Waals surface area contributed by atoms with Crippen molar-refractivity contribution >= 4 is 31.9 Å². The van der Waals surface area contributed by atoms with Crippen LogP contribution in [0.15, 0.2) is 33.6 Å². The van der Waals surface area contributed by atoms with E-state index in [2.05, 4.69) is 20.7 Å². The maximum atomic E-state index is 12.0. The van der Waals surface area contributed by atoms with Crippen LogP contribution in [0.4, 0.5) is 0 Å². The van der Waals surface area contributed by atoms with Gasteiger partial charge in [-0.3, -0.25) is 4.79 Å². The summed E-state index contributed by atoms with van der Waals surface area (Å²) in [6.45, 7) is -0.105. The molecule has 106 valence electrons. The molecule has 2 N–H and O–H groups in total. The zero-order valence-electron chi connectivity index (χ0n) is 10.2. The highest BCUT2D eigenvalue weighted by atomic mass is 79.9. The topological polar surface area (TPSA) is 92.7 Å². The maximum absolute atomic E-state index is 12.0. The molecule has 0 aromatic heterocycles. The Morgan fingerprint density at radius 3 is 2.63 bits per heavy atom. The summed E-state index contributed by atoms with van der Waals surface area (Å²) in [5.41, 5.74) is 0. The Morgan fingerprint density at radius 2 is 2.11 bits per heavy atom. The fraction of sp³-hybridized carbons (Fsp3) is 0.364. The molecule has 6 nitrogen and oxygen atoms in total. The Hall–Kier alpha value is -0.960. The molecule has 0 aliphatic carbocycles. The van der Waals surface area contributed by atoms with Crippen molar-refractivity contribution in [2.45, 2.75) is 17.4 Å². The van der Waals surface area contributed by atoms with Gasteiger partial charge in [-0.2, -0.15) is 0 Å². The van der Waals surface area contributed by atoms with E-state index in [1.807, 2.05) is 0 Å². The van der Waals surface area contributed by atoms with E-state index in [9.17, 15) is 13.2 Å². The molecule has 0 spiro atoms. The van der Waals surface area contributed by atoms with Gasteiger partial charge < -0.3 is 9.84 Å². The second-order valence-corrected chi connectivity index (χ2v) is 6.33. The van der Waals surface area contributed by atoms with Crippen LogP contribution in [-0.2, 0) is 19.6 Å². The first-order chi connectivity index (χ1) is 8.86. The number of carboxylic acid groups (broad SMARTS) is 1. The number of aliphatic carboxylic acids is 1. The minimum Gasteiger partial charge on any atom is -0.481 e. The normalized spacial score (nSPS) is 13.2. The lowest BCUT2D eigenvalue weighted by molar-refractivity contribution is -0.139. The molecule has 0 aliphatic rings. The van der Waals surface area contributed by atoms with Gasteiger partial charge in [0, 0.05) is 18.1 Å². The Kier molecular flexibility index (Phi) is 5.92. The van der Waals surface area contributed by atoms with Gasteiger partial charge in [-0.1, -0.05) is 12.1 Å². The number of nitrogens with one attached hydrogen (secondary N) is 1. The van der Waals surface area contributed by atoms with E-state index in [-0.39, 0.29) is 17.9 Å². The molecule has 0 aliphatic heterocycles. The summed E-state index contributed by atoms with van der Waals surface area (Å²) >= 11 is 3.15. The fourth-order valence-electron chi connectivity index (χ4n) is 1.38. The molecule has 1 atom stereocenters. The van der Waals surface area contributed by atoms with Crippen LogP contribution in [-0.4, -0.2) is 39.3 Å². The molecule has 1 aromatic rings. The van der Waals surface area contributed by atoms with E-state index >= 15 is 0 Å². The van der Waals surface area contributed by atoms with Crippen LogP contribution >= 0.6 is 15.9 Å². The van der Waals surface area contributed by atoms with Gasteiger partial charge in [-0.15, -0.1) is 0 Å². The molecule has 1 unspecified atom stereocenters. The second kappa shape index (κ2) is 6.99. The van der Waals surface area contributed by atoms with Gasteiger partial charge >= 0.3 is 5.97 Å². The van der Waals surface area contributed by atoms with Crippen LogP contribution in [0.25, 0.3) is 0 Å². The molecule has 0 radical (unpaired) electrons. The smallest absolute Gasteiger partial charge is 0.306 e. The largest absolute Gasteiger partial charge is 0.481 e. The van der Waals surface area contributed by atoms with Crippen LogP contribution in [0.3, 0.4) is 0 Å². The number of hydrogen-bond acceptors (Lipinski definition) is 4. The molecular weight excluding hydrogens is 338 g/mol. The Balaban J connectivity index is 2.76. The number of ether oxygens (including phenoxy) is 1. The van der Waals surface area contributed by atoms with Crippen LogP contribution in [0.5, 0.6) is 0 Å². The Labute approximate surface area is 120 Å². The number of carboxylic acids is 1. The number of methoxy groups -OCH3 is 1. The lowest BCUT2D eigenvalue weighted by Gasteiger charge is -2.14. The fourth-order valence-corrected chi connectivity index (χ4v) is 3.44. The molecule has 1 aromatic carbocycles. The number of halogens is 1. The van der Waals surface area contributed by atoms with E-state index in [1.165, 1.54) is 13.2 Å². The summed E-state index contributed by atoms with van der Waals surface area (Å²) in [5.74, 6) is -1.05. The molecule has 0 bridgehead atoms. The predicted octanol–water partition coefficient (Wildman–Crippen LogP) is 1.22. The number of benzene rings is 1. The number of rotatable bonds is 7. The van der Waals surface area contributed by atoms with Crippen molar-refractivity contribution in [3.63, 3.8) is 0 Å². The van der Waals surface area contributed by atoms with E-state index in [0.29, 0.717) is 4.47 Å². The van der Waals surface area contributed by atoms with E-state index in [1.54, 1.807) is 18.2 Å². The summed E-state index contributed by atoms with van der Waals surface area (Å²) < 4.78 is 31.7. The van der Waals surface area contributed by atoms with E-state index in [4.69, 9.17) is 9.84 Å². The third kappa shape index (κ3) is 4.90. The van der Waals surface area contributed by atoms with Crippen LogP contribution < -0.4 is 4.72 Å². The SMILES string of the molecule is COC(CNS(=O)(=O)c1ccccc1Br)CC(=O)O. The number of carbonyl (C=O) groups is 1. The summed E-state index contributed by atoms with van der Waals surface area (Å²) in [6.07, 6.45) is -0.982. The van der Waals surface area contributed by atoms with E-state index in [0.717, 1.165) is 0 Å². The molecule has 19 heavy (non-hydrogen) atoms. The quantitative estimate of drug-likeness (QED) is 0.770. The van der Waals surface area contributed by atoms with Gasteiger partial charge in [0.25, 0.3) is 0 Å². The molecule has 0 heterocycles. The highest BCUT2D eigenvalue weighted by molar-refractivity contribution is 9.10. The molecule has 1 rings (SSSR count). The first-order valence-corrected chi connectivity index (χ1v) is 7.63. The van der Waals surface area contributed by atoms with Crippen molar-refractivity contribution in [3.8, 4) is 0 Å². The zero-order valence-corrected chi connectivity index (χ0v) is 12.6. The highest BCUT2D eigenvalue weighted by Crippen LogP contribution is 2.20. The van der Waals surface area contributed by atoms with Crippen molar-refractivity contribution in [2.75, 3.05) is 13.7 Å². The molecule has 8 heteroatoms. The summed E-state index contributed by atoms with van der Waals surface area (Å²) in [4.78, 5) is 10.6. The van der Waals surface area contributed by atoms with E-state index < -0.39 is 22.1 Å². The maximum Gasteiger partial charge on any atom is 0.306 e. The lowest BCUT2D eigenvalue weighted by Crippen LogP contribution is -2.34. The summed E-state index contributed by atoms with van der Waals surface area (Å²) in [6, 6.07) is 6.36. The molecule has 0 fully saturated rings. The Morgan fingerprint density at radius 1 is 1.47 bits per heavy atom. The number of sulfonamides is 1. The van der Waals surface area contributed by atoms with Gasteiger partial charge in [0.2, 0.25) is 10.0 Å². The first kappa shape index (κ1) is 16.1. The van der Waals surface area contributed by atoms with Crippen molar-refractivity contribution in [1.29, 1.82) is 0 Å². The van der Waals surface area contributed by atoms with Crippen LogP contribution in [0, 0.1) is 0 Å². The van der Waals surface area contributed by atoms with Crippen LogP contribution in [0.2, 0.25) is 0 Å². The van der Waals surface area contributed by atoms with Crippen molar-refractivity contribution in [3.05, 3.63) is 28.7 Å². The van der Waals surface area contributed by atoms with Gasteiger partial charge in [0.15, 0.2) is 0 Å². The summed E-state index contributed by atoms with van der Waals surface area (Å²) in [5, 5.41) is 8.64. The predicted molar refractivity (Wildman–Crippen MR) is 72.4 cm³/mol. The van der Waals surface area contributed by atoms with Gasteiger partial charge in [0.1, 0.15) is 0 Å². The standard InChI is InChI=1S/C11H14BrNO5S/c1-18-8(6-11(14)15)7-13-19(16,17)10-5-3-2-4-9(10)12/h2-5,8,13H,6-7H2,1H3,(H,14,15). The minimum absolute atomic E-state index is 0.0974. The summed E-state index contributed by atoms with van der Waals surface area (Å²) in [7, 11) is -2.37. The second-order valence-electron chi connectivity index (χ2n) is 3.74. The Bertz CT molecular complexity index is 546. The average molecular weight is 352 g/mol. The van der Waals surface area contributed by atoms with Crippen LogP contribution in [0.1, 0.15) is 6.42 Å². The molecular formula is C11H14BrNO5S. The lowest BCUT2D eigenvalue weighted by atomic mass is 10.2. The molecule has 0 saturated heterocycles.